The molecule has 1 N–H and O–H groups in total. The molecule has 8 heteroatoms. The Labute approximate surface area is 220 Å². The summed E-state index contributed by atoms with van der Waals surface area (Å²) in [5.74, 6) is -1.06. The molecule has 1 aliphatic heterocycles. The van der Waals surface area contributed by atoms with Crippen molar-refractivity contribution in [3.8, 4) is 5.75 Å². The first-order valence-electron chi connectivity index (χ1n) is 11.6. The van der Waals surface area contributed by atoms with Crippen LogP contribution in [0.25, 0.3) is 5.76 Å². The van der Waals surface area contributed by atoms with Crippen LogP contribution in [0.2, 0.25) is 10.0 Å². The lowest BCUT2D eigenvalue weighted by molar-refractivity contribution is -0.378. The highest BCUT2D eigenvalue weighted by atomic mass is 35.5. The molecule has 36 heavy (non-hydrogen) atoms. The van der Waals surface area contributed by atoms with Gasteiger partial charge in [0.25, 0.3) is 5.91 Å². The van der Waals surface area contributed by atoms with Crippen molar-refractivity contribution in [3.63, 3.8) is 0 Å². The summed E-state index contributed by atoms with van der Waals surface area (Å²) >= 11 is 12.4. The molecule has 2 heterocycles. The molecule has 1 fully saturated rings. The van der Waals surface area contributed by atoms with Crippen LogP contribution in [-0.4, -0.2) is 23.2 Å². The lowest BCUT2D eigenvalue weighted by Crippen LogP contribution is -2.29. The Hall–Kier alpha value is -3.35. The monoisotopic (exact) mass is 524 g/mol. The Morgan fingerprint density at radius 2 is 1.89 bits per heavy atom. The van der Waals surface area contributed by atoms with Crippen LogP contribution < -0.4 is 14.8 Å². The van der Waals surface area contributed by atoms with Gasteiger partial charge >= 0.3 is 0 Å². The SMILES string of the molecule is Cc1cc(C([O-])=C2C(=O)C(=O)N(Cc3ccc[nH+]c3)C2c2ccc(Cl)c(Cl)c2)ccc1OCC(C)C. The average molecular weight is 525 g/mol. The van der Waals surface area contributed by atoms with Crippen molar-refractivity contribution in [2.45, 2.75) is 33.4 Å². The van der Waals surface area contributed by atoms with Gasteiger partial charge in [-0.2, -0.15) is 0 Å². The molecule has 0 bridgehead atoms. The number of hydrogen-bond acceptors (Lipinski definition) is 4. The summed E-state index contributed by atoms with van der Waals surface area (Å²) in [6, 6.07) is 12.6. The maximum absolute atomic E-state index is 13.7. The molecule has 1 saturated heterocycles. The number of hydrogen-bond donors (Lipinski definition) is 0. The zero-order valence-corrected chi connectivity index (χ0v) is 21.7. The highest BCUT2D eigenvalue weighted by Crippen LogP contribution is 2.41. The van der Waals surface area contributed by atoms with E-state index < -0.39 is 23.5 Å². The smallest absolute Gasteiger partial charge is 0.295 e. The third-order valence-corrected chi connectivity index (χ3v) is 6.66. The number of rotatable bonds is 7. The molecule has 0 spiro atoms. The topological polar surface area (TPSA) is 83.8 Å². The van der Waals surface area contributed by atoms with Crippen LogP contribution in [0.15, 0.2) is 66.5 Å². The van der Waals surface area contributed by atoms with E-state index in [4.69, 9.17) is 27.9 Å². The van der Waals surface area contributed by atoms with Crippen molar-refractivity contribution in [2.24, 2.45) is 5.92 Å². The summed E-state index contributed by atoms with van der Waals surface area (Å²) in [7, 11) is 0. The summed E-state index contributed by atoms with van der Waals surface area (Å²) < 4.78 is 5.82. The summed E-state index contributed by atoms with van der Waals surface area (Å²) in [5.41, 5.74) is 2.26. The first-order chi connectivity index (χ1) is 17.2. The molecular weight excluding hydrogens is 499 g/mol. The minimum Gasteiger partial charge on any atom is -0.872 e. The highest BCUT2D eigenvalue weighted by Gasteiger charge is 2.44. The number of carbonyl (C=O) groups is 2. The molecule has 4 rings (SSSR count). The van der Waals surface area contributed by atoms with Gasteiger partial charge in [-0.1, -0.05) is 54.9 Å². The Kier molecular flexibility index (Phi) is 7.67. The molecule has 1 unspecified atom stereocenters. The van der Waals surface area contributed by atoms with Crippen LogP contribution >= 0.6 is 23.2 Å². The molecule has 3 aromatic rings. The van der Waals surface area contributed by atoms with Gasteiger partial charge in [0.15, 0.2) is 12.4 Å². The van der Waals surface area contributed by atoms with Gasteiger partial charge in [0.2, 0.25) is 5.78 Å². The van der Waals surface area contributed by atoms with Crippen LogP contribution in [-0.2, 0) is 16.1 Å². The summed E-state index contributed by atoms with van der Waals surface area (Å²) in [6.07, 6.45) is 3.48. The highest BCUT2D eigenvalue weighted by molar-refractivity contribution is 6.46. The third kappa shape index (κ3) is 5.25. The van der Waals surface area contributed by atoms with Crippen LogP contribution in [0.1, 0.15) is 42.1 Å². The number of aryl methyl sites for hydroxylation is 1. The number of likely N-dealkylation sites (tertiary alicyclic amines) is 1. The molecule has 1 aliphatic rings. The van der Waals surface area contributed by atoms with Crippen LogP contribution in [0.3, 0.4) is 0 Å². The molecule has 0 aliphatic carbocycles. The Bertz CT molecular complexity index is 1340. The largest absolute Gasteiger partial charge is 0.872 e. The predicted molar refractivity (Wildman–Crippen MR) is 136 cm³/mol. The lowest BCUT2D eigenvalue weighted by atomic mass is 9.94. The lowest BCUT2D eigenvalue weighted by Gasteiger charge is -2.27. The van der Waals surface area contributed by atoms with E-state index in [-0.39, 0.29) is 17.1 Å². The number of ketones is 1. The van der Waals surface area contributed by atoms with Crippen molar-refractivity contribution in [3.05, 3.63) is 98.8 Å². The second kappa shape index (κ2) is 10.7. The molecule has 1 aromatic heterocycles. The number of nitrogens with one attached hydrogen (secondary N) is 1. The molecule has 2 aromatic carbocycles. The Balaban J connectivity index is 1.81. The molecule has 6 nitrogen and oxygen atoms in total. The molecule has 0 saturated carbocycles. The van der Waals surface area contributed by atoms with Gasteiger partial charge in [-0.25, -0.2) is 4.98 Å². The van der Waals surface area contributed by atoms with Crippen molar-refractivity contribution < 1.29 is 24.4 Å². The minimum atomic E-state index is -0.912. The number of aromatic nitrogens is 1. The fraction of sp³-hybridized carbons (Fsp3) is 0.250. The molecule has 1 atom stereocenters. The zero-order valence-electron chi connectivity index (χ0n) is 20.2. The molecular formula is C28H26Cl2N2O4. The number of pyridine rings is 1. The van der Waals surface area contributed by atoms with Gasteiger partial charge in [0, 0.05) is 17.2 Å². The van der Waals surface area contributed by atoms with E-state index in [9.17, 15) is 14.7 Å². The van der Waals surface area contributed by atoms with E-state index in [1.54, 1.807) is 54.9 Å². The molecule has 0 radical (unpaired) electrons. The first kappa shape index (κ1) is 25.7. The third-order valence-electron chi connectivity index (χ3n) is 5.92. The van der Waals surface area contributed by atoms with E-state index in [1.165, 1.54) is 4.90 Å². The fourth-order valence-electron chi connectivity index (χ4n) is 4.15. The number of amides is 1. The van der Waals surface area contributed by atoms with E-state index in [2.05, 4.69) is 18.8 Å². The molecule has 186 valence electrons. The van der Waals surface area contributed by atoms with E-state index in [1.807, 2.05) is 13.0 Å². The van der Waals surface area contributed by atoms with Crippen molar-refractivity contribution >= 4 is 40.7 Å². The summed E-state index contributed by atoms with van der Waals surface area (Å²) in [5, 5.41) is 14.3. The number of benzene rings is 2. The normalized spacial score (nSPS) is 17.2. The van der Waals surface area contributed by atoms with Crippen molar-refractivity contribution in [2.75, 3.05) is 6.61 Å². The van der Waals surface area contributed by atoms with Gasteiger partial charge in [0.05, 0.1) is 29.2 Å². The standard InChI is InChI=1S/C28H26Cl2N2O4/c1-16(2)15-36-23-9-7-20(11-17(23)3)26(33)24-25(19-6-8-21(29)22(30)12-19)32(28(35)27(24)34)14-18-5-4-10-31-13-18/h4-13,16,25,33H,14-15H2,1-3H3. The first-order valence-corrected chi connectivity index (χ1v) is 12.3. The van der Waals surface area contributed by atoms with Gasteiger partial charge < -0.3 is 14.7 Å². The zero-order chi connectivity index (χ0) is 26.0. The maximum atomic E-state index is 13.7. The van der Waals surface area contributed by atoms with E-state index in [0.717, 1.165) is 11.1 Å². The second-order valence-electron chi connectivity index (χ2n) is 9.18. The Morgan fingerprint density at radius 3 is 2.53 bits per heavy atom. The second-order valence-corrected chi connectivity index (χ2v) is 9.99. The number of carbonyl (C=O) groups excluding carboxylic acids is 2. The minimum absolute atomic E-state index is 0.117. The maximum Gasteiger partial charge on any atom is 0.295 e. The molecule has 1 amide bonds. The number of halogens is 2. The van der Waals surface area contributed by atoms with Gasteiger partial charge in [0.1, 0.15) is 5.75 Å². The average Bonchev–Trinajstić information content (AvgIpc) is 3.10. The van der Waals surface area contributed by atoms with Gasteiger partial charge in [-0.05, 0) is 59.9 Å². The predicted octanol–water partition coefficient (Wildman–Crippen LogP) is 4.57. The van der Waals surface area contributed by atoms with E-state index >= 15 is 0 Å². The number of nitrogens with zero attached hydrogens (tertiary/aromatic N) is 1. The Morgan fingerprint density at radius 1 is 1.11 bits per heavy atom. The number of Topliss-reactive ketones (excluding diaryl/α,β-unsaturated/α-hetero) is 1. The fourth-order valence-corrected chi connectivity index (χ4v) is 4.46. The quantitative estimate of drug-likeness (QED) is 0.257. The number of ether oxygens (including phenoxy) is 1. The van der Waals surface area contributed by atoms with Crippen LogP contribution in [0, 0.1) is 12.8 Å². The number of aromatic amines is 1. The summed E-state index contributed by atoms with van der Waals surface area (Å²) in [4.78, 5) is 30.8. The van der Waals surface area contributed by atoms with Crippen LogP contribution in [0.4, 0.5) is 0 Å². The summed E-state index contributed by atoms with van der Waals surface area (Å²) in [6.45, 7) is 6.62. The number of H-pyrrole nitrogens is 1. The van der Waals surface area contributed by atoms with Gasteiger partial charge in [-0.3, -0.25) is 9.59 Å². The van der Waals surface area contributed by atoms with Crippen molar-refractivity contribution in [1.82, 2.24) is 4.90 Å². The van der Waals surface area contributed by atoms with Crippen LogP contribution in [0.5, 0.6) is 5.75 Å². The van der Waals surface area contributed by atoms with E-state index in [0.29, 0.717) is 34.4 Å². The van der Waals surface area contributed by atoms with Crippen molar-refractivity contribution in [1.29, 1.82) is 0 Å². The van der Waals surface area contributed by atoms with Gasteiger partial charge in [-0.15, -0.1) is 0 Å².